The number of pyridine rings is 1. The van der Waals surface area contributed by atoms with Crippen molar-refractivity contribution in [3.63, 3.8) is 0 Å². The van der Waals surface area contributed by atoms with E-state index in [-0.39, 0.29) is 60.1 Å². The molecule has 1 aliphatic carbocycles. The Kier molecular flexibility index (Phi) is 6.87. The maximum atomic E-state index is 15.2. The van der Waals surface area contributed by atoms with Crippen LogP contribution in [0.2, 0.25) is 0 Å². The molecule has 1 saturated carbocycles. The number of rotatable bonds is 8. The molecule has 2 aliphatic rings. The zero-order valence-corrected chi connectivity index (χ0v) is 20.6. The van der Waals surface area contributed by atoms with Crippen LogP contribution in [0.4, 0.5) is 30.8 Å². The average molecular weight is 538 g/mol. The molecule has 202 valence electrons. The molecule has 1 aliphatic heterocycles. The normalized spacial score (nSPS) is 15.7. The first-order valence-corrected chi connectivity index (χ1v) is 12.2. The number of aromatic nitrogens is 1. The van der Waals surface area contributed by atoms with E-state index in [4.69, 9.17) is 15.6 Å². The third kappa shape index (κ3) is 5.23. The minimum Gasteiger partial charge on any atom is -0.454 e. The topological polar surface area (TPSA) is 138 Å². The Morgan fingerprint density at radius 2 is 1.77 bits per heavy atom. The highest BCUT2D eigenvalue weighted by Gasteiger charge is 2.57. The number of amides is 4. The van der Waals surface area contributed by atoms with Gasteiger partial charge < -0.3 is 20.5 Å². The van der Waals surface area contributed by atoms with E-state index in [0.717, 1.165) is 23.1 Å². The summed E-state index contributed by atoms with van der Waals surface area (Å²) >= 11 is 0. The molecule has 1 saturated heterocycles. The van der Waals surface area contributed by atoms with Crippen LogP contribution in [0.25, 0.3) is 0 Å². The van der Waals surface area contributed by atoms with E-state index in [1.807, 2.05) is 0 Å². The van der Waals surface area contributed by atoms with Gasteiger partial charge in [0.05, 0.1) is 5.69 Å². The third-order valence-corrected chi connectivity index (χ3v) is 6.79. The fourth-order valence-corrected chi connectivity index (χ4v) is 4.30. The van der Waals surface area contributed by atoms with Gasteiger partial charge in [-0.25, -0.2) is 18.6 Å². The van der Waals surface area contributed by atoms with E-state index in [1.165, 1.54) is 47.5 Å². The summed E-state index contributed by atoms with van der Waals surface area (Å²) in [5.74, 6) is -2.46. The van der Waals surface area contributed by atoms with Gasteiger partial charge in [-0.3, -0.25) is 19.8 Å². The smallest absolute Gasteiger partial charge is 0.323 e. The van der Waals surface area contributed by atoms with E-state index >= 15 is 4.39 Å². The van der Waals surface area contributed by atoms with Crippen molar-refractivity contribution in [2.75, 3.05) is 29.9 Å². The van der Waals surface area contributed by atoms with Gasteiger partial charge in [-0.15, -0.1) is 0 Å². The van der Waals surface area contributed by atoms with Crippen LogP contribution in [0.1, 0.15) is 12.8 Å². The van der Waals surface area contributed by atoms with Crippen LogP contribution in [0.15, 0.2) is 60.8 Å². The van der Waals surface area contributed by atoms with Crippen molar-refractivity contribution >= 4 is 35.0 Å². The van der Waals surface area contributed by atoms with Gasteiger partial charge in [-0.1, -0.05) is 0 Å². The standard InChI is InChI=1S/C27H25F2N5O5/c28-17-1-3-18(4-2-17)34(25(37)27(8-9-27)24(30)36)19-5-6-22(21(29)11-19)39-20-7-10-31-23(12-20)32-26(38)33-13-16(14-33)15-35/h1-7,10-12,16,35H,8-9,13-15H2,(H2,30,36)(H,31,32,38). The Hall–Kier alpha value is -4.58. The molecule has 39 heavy (non-hydrogen) atoms. The number of likely N-dealkylation sites (tertiary alicyclic amines) is 1. The lowest BCUT2D eigenvalue weighted by Gasteiger charge is -2.37. The number of nitrogens with two attached hydrogens (primary N) is 1. The number of ether oxygens (including phenoxy) is 1. The van der Waals surface area contributed by atoms with Gasteiger partial charge in [0, 0.05) is 49.6 Å². The maximum Gasteiger partial charge on any atom is 0.323 e. The fourth-order valence-electron chi connectivity index (χ4n) is 4.30. The number of carbonyl (C=O) groups is 3. The van der Waals surface area contributed by atoms with Crippen LogP contribution in [0.5, 0.6) is 11.5 Å². The molecule has 0 unspecified atom stereocenters. The number of nitrogens with one attached hydrogen (secondary N) is 1. The molecule has 3 aromatic rings. The molecule has 2 fully saturated rings. The summed E-state index contributed by atoms with van der Waals surface area (Å²) in [5, 5.41) is 11.7. The Balaban J connectivity index is 1.35. The summed E-state index contributed by atoms with van der Waals surface area (Å²) in [7, 11) is 0. The van der Waals surface area contributed by atoms with Crippen LogP contribution in [-0.2, 0) is 9.59 Å². The summed E-state index contributed by atoms with van der Waals surface area (Å²) in [5.41, 5.74) is 4.43. The second-order valence-electron chi connectivity index (χ2n) is 9.54. The number of benzene rings is 2. The molecule has 2 aromatic carbocycles. The second-order valence-corrected chi connectivity index (χ2v) is 9.54. The molecule has 5 rings (SSSR count). The number of primary amides is 1. The minimum absolute atomic E-state index is 0.0115. The van der Waals surface area contributed by atoms with E-state index in [0.29, 0.717) is 13.1 Å². The van der Waals surface area contributed by atoms with Crippen LogP contribution in [0, 0.1) is 23.0 Å². The van der Waals surface area contributed by atoms with Crippen molar-refractivity contribution in [1.82, 2.24) is 9.88 Å². The van der Waals surface area contributed by atoms with E-state index < -0.39 is 28.9 Å². The van der Waals surface area contributed by atoms with E-state index in [2.05, 4.69) is 10.3 Å². The largest absolute Gasteiger partial charge is 0.454 e. The molecular formula is C27H25F2N5O5. The van der Waals surface area contributed by atoms with Gasteiger partial charge in [-0.2, -0.15) is 0 Å². The highest BCUT2D eigenvalue weighted by molar-refractivity contribution is 6.16. The number of nitrogens with zero attached hydrogens (tertiary/aromatic N) is 3. The van der Waals surface area contributed by atoms with Crippen LogP contribution < -0.4 is 20.7 Å². The van der Waals surface area contributed by atoms with Crippen molar-refractivity contribution in [2.24, 2.45) is 17.1 Å². The van der Waals surface area contributed by atoms with Crippen molar-refractivity contribution < 1.29 is 33.0 Å². The summed E-state index contributed by atoms with van der Waals surface area (Å²) in [6.07, 6.45) is 1.92. The lowest BCUT2D eigenvalue weighted by Crippen LogP contribution is -2.52. The number of halogens is 2. The van der Waals surface area contributed by atoms with E-state index in [9.17, 15) is 18.8 Å². The first-order chi connectivity index (χ1) is 18.7. The first-order valence-electron chi connectivity index (χ1n) is 12.2. The second kappa shape index (κ2) is 10.3. The monoisotopic (exact) mass is 537 g/mol. The lowest BCUT2D eigenvalue weighted by atomic mass is 10.0. The molecule has 0 radical (unpaired) electrons. The van der Waals surface area contributed by atoms with Gasteiger partial charge in [0.15, 0.2) is 11.6 Å². The highest BCUT2D eigenvalue weighted by Crippen LogP contribution is 2.49. The number of aliphatic hydroxyl groups excluding tert-OH is 1. The first kappa shape index (κ1) is 26.0. The van der Waals surface area contributed by atoms with Crippen molar-refractivity contribution in [3.05, 3.63) is 72.4 Å². The van der Waals surface area contributed by atoms with Crippen LogP contribution in [0.3, 0.4) is 0 Å². The van der Waals surface area contributed by atoms with Gasteiger partial charge in [0.1, 0.15) is 22.8 Å². The van der Waals surface area contributed by atoms with Gasteiger partial charge in [-0.05, 0) is 55.3 Å². The van der Waals surface area contributed by atoms with E-state index in [1.54, 1.807) is 0 Å². The Morgan fingerprint density at radius 3 is 2.38 bits per heavy atom. The number of carbonyl (C=O) groups excluding carboxylic acids is 3. The molecule has 12 heteroatoms. The number of urea groups is 1. The molecule has 2 heterocycles. The molecule has 4 amide bonds. The van der Waals surface area contributed by atoms with Crippen LogP contribution >= 0.6 is 0 Å². The molecule has 10 nitrogen and oxygen atoms in total. The van der Waals surface area contributed by atoms with Crippen molar-refractivity contribution in [3.8, 4) is 11.5 Å². The zero-order chi connectivity index (χ0) is 27.7. The third-order valence-electron chi connectivity index (χ3n) is 6.79. The summed E-state index contributed by atoms with van der Waals surface area (Å²) < 4.78 is 34.4. The maximum absolute atomic E-state index is 15.2. The Bertz CT molecular complexity index is 1420. The fraction of sp³-hybridized carbons (Fsp3) is 0.259. The number of anilines is 3. The SMILES string of the molecule is NC(=O)C1(C(=O)N(c2ccc(F)cc2)c2ccc(Oc3ccnc(NC(=O)N4CC(CO)C4)c3)c(F)c2)CC1. The van der Waals surface area contributed by atoms with Crippen molar-refractivity contribution in [2.45, 2.75) is 12.8 Å². The highest BCUT2D eigenvalue weighted by atomic mass is 19.1. The minimum atomic E-state index is -1.40. The predicted molar refractivity (Wildman–Crippen MR) is 136 cm³/mol. The number of hydrogen-bond donors (Lipinski definition) is 3. The summed E-state index contributed by atoms with van der Waals surface area (Å²) in [4.78, 5) is 44.5. The van der Waals surface area contributed by atoms with Crippen LogP contribution in [-0.4, -0.2) is 52.5 Å². The molecule has 0 atom stereocenters. The summed E-state index contributed by atoms with van der Waals surface area (Å²) in [6, 6.07) is 11.3. The Labute approximate surface area is 222 Å². The lowest BCUT2D eigenvalue weighted by molar-refractivity contribution is -0.133. The van der Waals surface area contributed by atoms with Crippen molar-refractivity contribution in [1.29, 1.82) is 0 Å². The Morgan fingerprint density at radius 1 is 1.08 bits per heavy atom. The van der Waals surface area contributed by atoms with Gasteiger partial charge >= 0.3 is 6.03 Å². The quantitative estimate of drug-likeness (QED) is 0.376. The molecular weight excluding hydrogens is 512 g/mol. The molecule has 4 N–H and O–H groups in total. The predicted octanol–water partition coefficient (Wildman–Crippen LogP) is 3.54. The van der Waals surface area contributed by atoms with Gasteiger partial charge in [0.25, 0.3) is 0 Å². The molecule has 1 aromatic heterocycles. The number of aliphatic hydroxyl groups is 1. The summed E-state index contributed by atoms with van der Waals surface area (Å²) in [6.45, 7) is 0.889. The molecule has 0 bridgehead atoms. The van der Waals surface area contributed by atoms with Gasteiger partial charge in [0.2, 0.25) is 11.8 Å². The zero-order valence-electron chi connectivity index (χ0n) is 20.6. The average Bonchev–Trinajstić information content (AvgIpc) is 3.69. The number of hydrogen-bond acceptors (Lipinski definition) is 6. The molecule has 0 spiro atoms.